The first-order chi connectivity index (χ1) is 12.6. The van der Waals surface area contributed by atoms with Crippen LogP contribution in [0.5, 0.6) is 0 Å². The van der Waals surface area contributed by atoms with Crippen LogP contribution in [0.1, 0.15) is 26.7 Å². The molecule has 0 aliphatic carbocycles. The lowest BCUT2D eigenvalue weighted by Crippen LogP contribution is -2.46. The second-order valence-electron chi connectivity index (χ2n) is 6.66. The second-order valence-corrected chi connectivity index (χ2v) is 6.66. The van der Waals surface area contributed by atoms with Crippen LogP contribution in [0.15, 0.2) is 30.3 Å². The second kappa shape index (κ2) is 8.51. The topological polar surface area (TPSA) is 85.9 Å². The van der Waals surface area contributed by atoms with Crippen LogP contribution in [0, 0.1) is 5.92 Å². The van der Waals surface area contributed by atoms with E-state index in [1.807, 2.05) is 32.0 Å². The average molecular weight is 362 g/mol. The van der Waals surface area contributed by atoms with Gasteiger partial charge in [0.25, 0.3) is 0 Å². The molecule has 0 aromatic heterocycles. The maximum atomic E-state index is 12.3. The Bertz CT molecular complexity index is 620. The zero-order chi connectivity index (χ0) is 18.5. The number of ether oxygens (including phenoxy) is 3. The molecule has 1 aromatic carbocycles. The van der Waals surface area contributed by atoms with Gasteiger partial charge < -0.3 is 19.5 Å². The highest BCUT2D eigenvalue weighted by molar-refractivity contribution is 5.84. The Kier molecular flexibility index (Phi) is 6.11. The fourth-order valence-electron chi connectivity index (χ4n) is 3.46. The molecule has 7 heteroatoms. The number of benzene rings is 1. The molecule has 0 radical (unpaired) electrons. The summed E-state index contributed by atoms with van der Waals surface area (Å²) in [5.41, 5.74) is 0.663. The highest BCUT2D eigenvalue weighted by Gasteiger charge is 2.50. The van der Waals surface area contributed by atoms with Crippen molar-refractivity contribution in [3.63, 3.8) is 0 Å². The van der Waals surface area contributed by atoms with Crippen molar-refractivity contribution < 1.29 is 23.8 Å². The van der Waals surface area contributed by atoms with Crippen molar-refractivity contribution in [3.05, 3.63) is 30.3 Å². The van der Waals surface area contributed by atoms with Crippen LogP contribution in [0.3, 0.4) is 0 Å². The van der Waals surface area contributed by atoms with Crippen LogP contribution in [-0.4, -0.2) is 49.6 Å². The molecule has 2 saturated heterocycles. The van der Waals surface area contributed by atoms with E-state index in [1.165, 1.54) is 0 Å². The normalized spacial score (nSPS) is 27.2. The van der Waals surface area contributed by atoms with Crippen LogP contribution < -0.4 is 10.6 Å². The standard InChI is InChI=1S/C19H26N2O5/c1-3-12(4-2)18(22)21-14-10-24-17-15(11-25-16(14)17)26-19(23)20-13-8-6-5-7-9-13/h5-9,12,14-17H,3-4,10-11H2,1-2H3,(H,20,23)(H,21,22)/t14-,15-,16-,17+/m1/s1. The number of anilines is 1. The summed E-state index contributed by atoms with van der Waals surface area (Å²) < 4.78 is 17.0. The molecule has 0 unspecified atom stereocenters. The van der Waals surface area contributed by atoms with Gasteiger partial charge in [0.2, 0.25) is 5.91 Å². The van der Waals surface area contributed by atoms with Crippen LogP contribution in [0.4, 0.5) is 10.5 Å². The number of carbonyl (C=O) groups is 2. The predicted octanol–water partition coefficient (Wildman–Crippen LogP) is 2.32. The predicted molar refractivity (Wildman–Crippen MR) is 95.8 cm³/mol. The van der Waals surface area contributed by atoms with Gasteiger partial charge in [-0.1, -0.05) is 32.0 Å². The Balaban J connectivity index is 1.52. The van der Waals surface area contributed by atoms with Crippen molar-refractivity contribution in [3.8, 4) is 0 Å². The quantitative estimate of drug-likeness (QED) is 0.811. The molecular weight excluding hydrogens is 336 g/mol. The van der Waals surface area contributed by atoms with Gasteiger partial charge in [0.15, 0.2) is 6.10 Å². The summed E-state index contributed by atoms with van der Waals surface area (Å²) in [6.45, 7) is 4.63. The Hall–Kier alpha value is -2.12. The molecule has 1 aromatic rings. The number of para-hydroxylation sites is 1. The van der Waals surface area contributed by atoms with Crippen LogP contribution >= 0.6 is 0 Å². The van der Waals surface area contributed by atoms with Crippen molar-refractivity contribution in [2.45, 2.75) is 51.0 Å². The van der Waals surface area contributed by atoms with E-state index < -0.39 is 12.2 Å². The largest absolute Gasteiger partial charge is 0.441 e. The minimum absolute atomic E-state index is 0.000787. The molecule has 0 spiro atoms. The van der Waals surface area contributed by atoms with E-state index in [0.717, 1.165) is 12.8 Å². The summed E-state index contributed by atoms with van der Waals surface area (Å²) in [7, 11) is 0. The molecular formula is C19H26N2O5. The monoisotopic (exact) mass is 362 g/mol. The molecule has 2 fully saturated rings. The molecule has 7 nitrogen and oxygen atoms in total. The molecule has 2 N–H and O–H groups in total. The maximum Gasteiger partial charge on any atom is 0.412 e. The Morgan fingerprint density at radius 2 is 1.81 bits per heavy atom. The van der Waals surface area contributed by atoms with E-state index in [1.54, 1.807) is 12.1 Å². The molecule has 26 heavy (non-hydrogen) atoms. The van der Waals surface area contributed by atoms with E-state index in [0.29, 0.717) is 12.3 Å². The van der Waals surface area contributed by atoms with E-state index in [9.17, 15) is 9.59 Å². The third kappa shape index (κ3) is 4.16. The Morgan fingerprint density at radius 3 is 2.50 bits per heavy atom. The molecule has 2 heterocycles. The van der Waals surface area contributed by atoms with E-state index in [2.05, 4.69) is 10.6 Å². The fourth-order valence-corrected chi connectivity index (χ4v) is 3.46. The van der Waals surface area contributed by atoms with Gasteiger partial charge in [0.05, 0.1) is 19.3 Å². The summed E-state index contributed by atoms with van der Waals surface area (Å²) >= 11 is 0. The summed E-state index contributed by atoms with van der Waals surface area (Å²) in [5, 5.41) is 5.70. The maximum absolute atomic E-state index is 12.3. The zero-order valence-electron chi connectivity index (χ0n) is 15.1. The number of carbonyl (C=O) groups excluding carboxylic acids is 2. The lowest BCUT2D eigenvalue weighted by Gasteiger charge is -2.20. The van der Waals surface area contributed by atoms with Crippen molar-refractivity contribution in [1.29, 1.82) is 0 Å². The lowest BCUT2D eigenvalue weighted by atomic mass is 10.0. The van der Waals surface area contributed by atoms with Crippen LogP contribution in [-0.2, 0) is 19.0 Å². The SMILES string of the molecule is CCC(CC)C(=O)N[C@@H]1CO[C@@H]2[C@@H]1OC[C@H]2OC(=O)Nc1ccccc1. The van der Waals surface area contributed by atoms with Gasteiger partial charge in [-0.25, -0.2) is 4.79 Å². The first-order valence-corrected chi connectivity index (χ1v) is 9.18. The van der Waals surface area contributed by atoms with Crippen molar-refractivity contribution in [2.75, 3.05) is 18.5 Å². The zero-order valence-corrected chi connectivity index (χ0v) is 15.1. The van der Waals surface area contributed by atoms with Gasteiger partial charge in [-0.05, 0) is 25.0 Å². The fraction of sp³-hybridized carbons (Fsp3) is 0.579. The summed E-state index contributed by atoms with van der Waals surface area (Å²) in [4.78, 5) is 24.4. The van der Waals surface area contributed by atoms with Gasteiger partial charge in [-0.15, -0.1) is 0 Å². The smallest absolute Gasteiger partial charge is 0.412 e. The lowest BCUT2D eigenvalue weighted by molar-refractivity contribution is -0.126. The Labute approximate surface area is 153 Å². The average Bonchev–Trinajstić information content (AvgIpc) is 3.21. The minimum atomic E-state index is -0.543. The number of rotatable bonds is 6. The van der Waals surface area contributed by atoms with E-state index in [-0.39, 0.29) is 36.7 Å². The van der Waals surface area contributed by atoms with Crippen molar-refractivity contribution in [2.24, 2.45) is 5.92 Å². The molecule has 2 aliphatic heterocycles. The van der Waals surface area contributed by atoms with Gasteiger partial charge >= 0.3 is 6.09 Å². The third-order valence-electron chi connectivity index (χ3n) is 4.97. The molecule has 4 atom stereocenters. The minimum Gasteiger partial charge on any atom is -0.441 e. The number of hydrogen-bond donors (Lipinski definition) is 2. The van der Waals surface area contributed by atoms with E-state index in [4.69, 9.17) is 14.2 Å². The van der Waals surface area contributed by atoms with Gasteiger partial charge in [-0.3, -0.25) is 10.1 Å². The molecule has 2 amide bonds. The first-order valence-electron chi connectivity index (χ1n) is 9.18. The number of fused-ring (bicyclic) bond motifs is 1. The summed E-state index contributed by atoms with van der Waals surface area (Å²) in [6.07, 6.45) is -0.0735. The Morgan fingerprint density at radius 1 is 1.12 bits per heavy atom. The summed E-state index contributed by atoms with van der Waals surface area (Å²) in [5.74, 6) is 0.0261. The molecule has 3 rings (SSSR count). The van der Waals surface area contributed by atoms with Gasteiger partial charge in [0, 0.05) is 11.6 Å². The van der Waals surface area contributed by atoms with Crippen molar-refractivity contribution in [1.82, 2.24) is 5.32 Å². The highest BCUT2D eigenvalue weighted by atomic mass is 16.6. The molecule has 0 saturated carbocycles. The number of hydrogen-bond acceptors (Lipinski definition) is 5. The van der Waals surface area contributed by atoms with Gasteiger partial charge in [-0.2, -0.15) is 0 Å². The third-order valence-corrected chi connectivity index (χ3v) is 4.97. The van der Waals surface area contributed by atoms with Gasteiger partial charge in [0.1, 0.15) is 12.2 Å². The van der Waals surface area contributed by atoms with Crippen LogP contribution in [0.25, 0.3) is 0 Å². The molecule has 2 aliphatic rings. The number of nitrogens with one attached hydrogen (secondary N) is 2. The molecule has 0 bridgehead atoms. The van der Waals surface area contributed by atoms with Crippen molar-refractivity contribution >= 4 is 17.7 Å². The molecule has 142 valence electrons. The highest BCUT2D eigenvalue weighted by Crippen LogP contribution is 2.29. The van der Waals surface area contributed by atoms with Crippen LogP contribution in [0.2, 0.25) is 0 Å². The number of amides is 2. The van der Waals surface area contributed by atoms with E-state index >= 15 is 0 Å². The first kappa shape index (κ1) is 18.7. The summed E-state index contributed by atoms with van der Waals surface area (Å²) in [6, 6.07) is 8.89.